The van der Waals surface area contributed by atoms with E-state index in [0.717, 1.165) is 0 Å². The summed E-state index contributed by atoms with van der Waals surface area (Å²) in [5.74, 6) is 0. The molecule has 0 aliphatic rings. The maximum Gasteiger partial charge on any atom is 0.332 e. The molecule has 0 saturated carbocycles. The lowest BCUT2D eigenvalue weighted by Gasteiger charge is -1.96. The van der Waals surface area contributed by atoms with Gasteiger partial charge >= 0.3 is 9.15 Å². The van der Waals surface area contributed by atoms with Gasteiger partial charge in [-0.1, -0.05) is 18.6 Å². The van der Waals surface area contributed by atoms with Crippen molar-refractivity contribution in [2.45, 2.75) is 13.3 Å². The summed E-state index contributed by atoms with van der Waals surface area (Å²) in [5.41, 5.74) is 0. The van der Waals surface area contributed by atoms with Gasteiger partial charge < -0.3 is 0 Å². The summed E-state index contributed by atoms with van der Waals surface area (Å²) in [7, 11) is -2.99. The van der Waals surface area contributed by atoms with Crippen LogP contribution in [-0.2, 0) is 13.3 Å². The van der Waals surface area contributed by atoms with Crippen molar-refractivity contribution in [1.29, 1.82) is 0 Å². The average Bonchev–Trinajstić information content (AvgIpc) is 1.84. The third-order valence-corrected chi connectivity index (χ3v) is 3.64. The summed E-state index contributed by atoms with van der Waals surface area (Å²) in [4.78, 5) is 0. The lowest BCUT2D eigenvalue weighted by molar-refractivity contribution is 0.329. The Morgan fingerprint density at radius 1 is 1.67 bits per heavy atom. The molecule has 0 amide bonds. The van der Waals surface area contributed by atoms with Crippen LogP contribution in [0, 0.1) is 0 Å². The Morgan fingerprint density at radius 2 is 2.22 bits per heavy atom. The van der Waals surface area contributed by atoms with E-state index in [0.29, 0.717) is 16.2 Å². The third kappa shape index (κ3) is 5.07. The Labute approximate surface area is 63.5 Å². The van der Waals surface area contributed by atoms with E-state index in [2.05, 4.69) is 15.8 Å². The molecule has 0 N–H and O–H groups in total. The van der Waals surface area contributed by atoms with Gasteiger partial charge in [-0.15, -0.1) is 0 Å². The van der Waals surface area contributed by atoms with Gasteiger partial charge in [-0.2, -0.15) is 8.42 Å². The van der Waals surface area contributed by atoms with Crippen molar-refractivity contribution in [3.05, 3.63) is 0 Å². The second kappa shape index (κ2) is 4.43. The minimum Gasteiger partial charge on any atom is -0.261 e. The molecule has 0 aliphatic heterocycles. The van der Waals surface area contributed by atoms with Crippen LogP contribution in [-0.4, -0.2) is 15.0 Å². The van der Waals surface area contributed by atoms with Crippen molar-refractivity contribution in [1.82, 2.24) is 0 Å². The molecule has 3 nitrogen and oxygen atoms in total. The van der Waals surface area contributed by atoms with Gasteiger partial charge in [-0.3, -0.25) is 4.18 Å². The van der Waals surface area contributed by atoms with Gasteiger partial charge in [0.1, 0.15) is 0 Å². The summed E-state index contributed by atoms with van der Waals surface area (Å²) in [5, 5.41) is 0. The summed E-state index contributed by atoms with van der Waals surface area (Å²) in [6.07, 6.45) is 0.688. The summed E-state index contributed by atoms with van der Waals surface area (Å²) in [6, 6.07) is 0. The predicted octanol–water partition coefficient (Wildman–Crippen LogP) is 1.24. The number of hydrogen-bond acceptors (Lipinski definition) is 5. The highest BCUT2D eigenvalue weighted by Crippen LogP contribution is 2.17. The van der Waals surface area contributed by atoms with Crippen LogP contribution in [0.25, 0.3) is 0 Å². The van der Waals surface area contributed by atoms with Crippen molar-refractivity contribution in [2.75, 3.05) is 6.61 Å². The second-order valence-corrected chi connectivity index (χ2v) is 5.52. The molecule has 0 fully saturated rings. The molecular formula is C3H8O3S3. The van der Waals surface area contributed by atoms with E-state index in [1.165, 1.54) is 0 Å². The zero-order valence-electron chi connectivity index (χ0n) is 4.90. The molecule has 0 heterocycles. The van der Waals surface area contributed by atoms with Crippen LogP contribution in [0.5, 0.6) is 0 Å². The lowest BCUT2D eigenvalue weighted by Crippen LogP contribution is -1.98. The molecule has 0 aromatic carbocycles. The lowest BCUT2D eigenvalue weighted by atomic mass is 10.5. The second-order valence-electron chi connectivity index (χ2n) is 1.30. The first-order valence-electron chi connectivity index (χ1n) is 2.35. The van der Waals surface area contributed by atoms with Gasteiger partial charge in [-0.05, 0) is 6.42 Å². The highest BCUT2D eigenvalue weighted by atomic mass is 33.5. The summed E-state index contributed by atoms with van der Waals surface area (Å²) in [6.45, 7) is 2.06. The Kier molecular flexibility index (Phi) is 4.73. The molecule has 0 atom stereocenters. The van der Waals surface area contributed by atoms with Gasteiger partial charge in [0, 0.05) is 0 Å². The van der Waals surface area contributed by atoms with Gasteiger partial charge in [-0.25, -0.2) is 0 Å². The van der Waals surface area contributed by atoms with Gasteiger partial charge in [0.15, 0.2) is 0 Å². The molecular weight excluding hydrogens is 180 g/mol. The Balaban J connectivity index is 3.61. The molecule has 0 saturated heterocycles. The van der Waals surface area contributed by atoms with Crippen LogP contribution in [0.3, 0.4) is 0 Å². The highest BCUT2D eigenvalue weighted by Gasteiger charge is 2.06. The van der Waals surface area contributed by atoms with Crippen molar-refractivity contribution in [3.63, 3.8) is 0 Å². The van der Waals surface area contributed by atoms with Crippen LogP contribution >= 0.6 is 21.5 Å². The molecule has 0 aromatic rings. The monoisotopic (exact) mass is 188 g/mol. The molecule has 56 valence electrons. The van der Waals surface area contributed by atoms with Crippen LogP contribution in [0.1, 0.15) is 13.3 Å². The van der Waals surface area contributed by atoms with Gasteiger partial charge in [0.2, 0.25) is 0 Å². The van der Waals surface area contributed by atoms with Crippen LogP contribution < -0.4 is 0 Å². The van der Waals surface area contributed by atoms with Gasteiger partial charge in [0.25, 0.3) is 0 Å². The first-order chi connectivity index (χ1) is 4.12. The van der Waals surface area contributed by atoms with E-state index in [1.54, 1.807) is 0 Å². The zero-order chi connectivity index (χ0) is 7.33. The fourth-order valence-electron chi connectivity index (χ4n) is 0.207. The molecule has 6 heteroatoms. The van der Waals surface area contributed by atoms with Crippen LogP contribution in [0.15, 0.2) is 0 Å². The maximum atomic E-state index is 10.4. The molecule has 0 radical (unpaired) electrons. The average molecular weight is 188 g/mol. The molecule has 0 unspecified atom stereocenters. The summed E-state index contributed by atoms with van der Waals surface area (Å²) < 4.78 is 25.2. The van der Waals surface area contributed by atoms with Crippen molar-refractivity contribution < 1.29 is 12.6 Å². The van der Waals surface area contributed by atoms with E-state index < -0.39 is 9.15 Å². The highest BCUT2D eigenvalue weighted by molar-refractivity contribution is 9.01. The third-order valence-electron chi connectivity index (χ3n) is 0.523. The minimum absolute atomic E-state index is 0.232. The van der Waals surface area contributed by atoms with E-state index in [9.17, 15) is 8.42 Å². The quantitative estimate of drug-likeness (QED) is 0.532. The number of thiol groups is 1. The van der Waals surface area contributed by atoms with Gasteiger partial charge in [0.05, 0.1) is 16.4 Å². The Hall–Kier alpha value is 0.610. The predicted molar refractivity (Wildman–Crippen MR) is 41.7 cm³/mol. The Morgan fingerprint density at radius 3 is 2.56 bits per heavy atom. The molecule has 0 aromatic heterocycles. The topological polar surface area (TPSA) is 43.4 Å². The first-order valence-corrected chi connectivity index (χ1v) is 6.14. The largest absolute Gasteiger partial charge is 0.332 e. The molecule has 0 rings (SSSR count). The standard InChI is InChI=1S/C3H8O3S3/c1-2-3-6-9(4,5)8-7/h7H,2-3H2,1H3. The molecule has 0 bridgehead atoms. The van der Waals surface area contributed by atoms with Crippen molar-refractivity contribution in [2.24, 2.45) is 0 Å². The van der Waals surface area contributed by atoms with E-state index in [4.69, 9.17) is 0 Å². The number of hydrogen-bond donors (Lipinski definition) is 1. The van der Waals surface area contributed by atoms with E-state index in [-0.39, 0.29) is 6.61 Å². The first kappa shape index (κ1) is 9.61. The summed E-state index contributed by atoms with van der Waals surface area (Å²) >= 11 is 3.48. The van der Waals surface area contributed by atoms with Crippen molar-refractivity contribution >= 4 is 30.6 Å². The fraction of sp³-hybridized carbons (Fsp3) is 1.00. The molecule has 0 aliphatic carbocycles. The SMILES string of the molecule is CCCOS(=O)(=O)SS. The zero-order valence-corrected chi connectivity index (χ0v) is 7.43. The van der Waals surface area contributed by atoms with E-state index >= 15 is 0 Å². The van der Waals surface area contributed by atoms with Crippen LogP contribution in [0.2, 0.25) is 0 Å². The van der Waals surface area contributed by atoms with E-state index in [1.807, 2.05) is 6.92 Å². The number of rotatable bonds is 4. The molecule has 0 spiro atoms. The maximum absolute atomic E-state index is 10.4. The van der Waals surface area contributed by atoms with Crippen LogP contribution in [0.4, 0.5) is 0 Å². The smallest absolute Gasteiger partial charge is 0.261 e. The minimum atomic E-state index is -3.40. The van der Waals surface area contributed by atoms with Crippen molar-refractivity contribution in [3.8, 4) is 0 Å². The normalized spacial score (nSPS) is 11.8. The molecule has 9 heavy (non-hydrogen) atoms. The fourth-order valence-corrected chi connectivity index (χ4v) is 1.34. The Bertz CT molecular complexity index is 150.